The van der Waals surface area contributed by atoms with Crippen molar-refractivity contribution in [3.05, 3.63) is 18.1 Å². The Hall–Kier alpha value is -1.69. The minimum absolute atomic E-state index is 0.418. The van der Waals surface area contributed by atoms with E-state index in [0.29, 0.717) is 11.8 Å². The molecule has 3 rings (SSSR count). The Morgan fingerprint density at radius 1 is 1.41 bits per heavy atom. The summed E-state index contributed by atoms with van der Waals surface area (Å²) in [6.45, 7) is 2.06. The third kappa shape index (κ3) is 1.95. The van der Waals surface area contributed by atoms with Gasteiger partial charge in [0.1, 0.15) is 5.69 Å². The van der Waals surface area contributed by atoms with Crippen molar-refractivity contribution in [3.8, 4) is 11.6 Å². The number of piperidine rings is 1. The fourth-order valence-corrected chi connectivity index (χ4v) is 2.17. The second-order valence-electron chi connectivity index (χ2n) is 4.32. The van der Waals surface area contributed by atoms with Gasteiger partial charge in [-0.3, -0.25) is 4.68 Å². The lowest BCUT2D eigenvalue weighted by atomic mass is 9.98. The van der Waals surface area contributed by atoms with Crippen molar-refractivity contribution in [2.24, 2.45) is 7.05 Å². The first kappa shape index (κ1) is 10.5. The second-order valence-corrected chi connectivity index (χ2v) is 4.32. The summed E-state index contributed by atoms with van der Waals surface area (Å²) < 4.78 is 7.04. The molecule has 2 aromatic heterocycles. The molecule has 1 aliphatic heterocycles. The van der Waals surface area contributed by atoms with Crippen molar-refractivity contribution in [1.29, 1.82) is 0 Å². The van der Waals surface area contributed by atoms with Crippen molar-refractivity contribution >= 4 is 0 Å². The Labute approximate surface area is 99.0 Å². The molecular weight excluding hydrogens is 218 g/mol. The standard InChI is InChI=1S/C11H15N5O/c1-16-9(4-7-13-16)11-14-10(15-17-11)8-2-5-12-6-3-8/h4,7-8,12H,2-3,5-6H2,1H3. The molecule has 2 aromatic rings. The van der Waals surface area contributed by atoms with Crippen molar-refractivity contribution in [2.75, 3.05) is 13.1 Å². The first-order chi connectivity index (χ1) is 8.34. The van der Waals surface area contributed by atoms with Crippen LogP contribution in [0.25, 0.3) is 11.6 Å². The maximum Gasteiger partial charge on any atom is 0.276 e. The van der Waals surface area contributed by atoms with Gasteiger partial charge in [-0.2, -0.15) is 10.1 Å². The molecule has 3 heterocycles. The second kappa shape index (κ2) is 4.29. The molecule has 1 saturated heterocycles. The third-order valence-electron chi connectivity index (χ3n) is 3.19. The van der Waals surface area contributed by atoms with E-state index in [1.165, 1.54) is 0 Å². The highest BCUT2D eigenvalue weighted by Gasteiger charge is 2.21. The quantitative estimate of drug-likeness (QED) is 0.836. The number of hydrogen-bond donors (Lipinski definition) is 1. The molecule has 1 aliphatic rings. The van der Waals surface area contributed by atoms with Gasteiger partial charge in [0, 0.05) is 19.2 Å². The number of aryl methyl sites for hydroxylation is 1. The summed E-state index contributed by atoms with van der Waals surface area (Å²) in [4.78, 5) is 4.47. The van der Waals surface area contributed by atoms with Crippen LogP contribution >= 0.6 is 0 Å². The van der Waals surface area contributed by atoms with Gasteiger partial charge in [0.15, 0.2) is 5.82 Å². The van der Waals surface area contributed by atoms with Crippen molar-refractivity contribution in [1.82, 2.24) is 25.2 Å². The van der Waals surface area contributed by atoms with Gasteiger partial charge in [0.25, 0.3) is 5.89 Å². The summed E-state index contributed by atoms with van der Waals surface area (Å²) >= 11 is 0. The van der Waals surface area contributed by atoms with E-state index in [1.807, 2.05) is 13.1 Å². The summed E-state index contributed by atoms with van der Waals surface area (Å²) in [5.74, 6) is 1.79. The molecule has 0 aromatic carbocycles. The number of nitrogens with one attached hydrogen (secondary N) is 1. The van der Waals surface area contributed by atoms with Crippen molar-refractivity contribution < 1.29 is 4.52 Å². The molecule has 1 fully saturated rings. The van der Waals surface area contributed by atoms with Crippen LogP contribution < -0.4 is 5.32 Å². The molecule has 0 atom stereocenters. The topological polar surface area (TPSA) is 68.8 Å². The largest absolute Gasteiger partial charge is 0.332 e. The maximum absolute atomic E-state index is 5.30. The summed E-state index contributed by atoms with van der Waals surface area (Å²) in [6.07, 6.45) is 3.87. The molecule has 0 spiro atoms. The van der Waals surface area contributed by atoms with Crippen LogP contribution in [-0.4, -0.2) is 33.0 Å². The lowest BCUT2D eigenvalue weighted by Crippen LogP contribution is -2.27. The molecule has 90 valence electrons. The van der Waals surface area contributed by atoms with E-state index in [2.05, 4.69) is 20.6 Å². The van der Waals surface area contributed by atoms with Gasteiger partial charge in [0.05, 0.1) is 0 Å². The van der Waals surface area contributed by atoms with E-state index in [0.717, 1.165) is 37.4 Å². The van der Waals surface area contributed by atoms with E-state index < -0.39 is 0 Å². The molecule has 0 saturated carbocycles. The minimum atomic E-state index is 0.418. The van der Waals surface area contributed by atoms with Crippen LogP contribution in [0.5, 0.6) is 0 Å². The minimum Gasteiger partial charge on any atom is -0.332 e. The highest BCUT2D eigenvalue weighted by atomic mass is 16.5. The molecule has 0 unspecified atom stereocenters. The van der Waals surface area contributed by atoms with E-state index in [-0.39, 0.29) is 0 Å². The lowest BCUT2D eigenvalue weighted by Gasteiger charge is -2.18. The highest BCUT2D eigenvalue weighted by molar-refractivity contribution is 5.45. The van der Waals surface area contributed by atoms with Gasteiger partial charge in [-0.25, -0.2) is 0 Å². The van der Waals surface area contributed by atoms with Gasteiger partial charge in [0.2, 0.25) is 0 Å². The average Bonchev–Trinajstić information content (AvgIpc) is 2.98. The molecule has 0 aliphatic carbocycles. The lowest BCUT2D eigenvalue weighted by molar-refractivity contribution is 0.390. The maximum atomic E-state index is 5.30. The fraction of sp³-hybridized carbons (Fsp3) is 0.545. The zero-order chi connectivity index (χ0) is 11.7. The molecule has 0 amide bonds. The smallest absolute Gasteiger partial charge is 0.276 e. The van der Waals surface area contributed by atoms with Crippen LogP contribution in [0, 0.1) is 0 Å². The molecule has 17 heavy (non-hydrogen) atoms. The van der Waals surface area contributed by atoms with Crippen molar-refractivity contribution in [3.63, 3.8) is 0 Å². The van der Waals surface area contributed by atoms with Crippen LogP contribution in [-0.2, 0) is 7.05 Å². The van der Waals surface area contributed by atoms with Gasteiger partial charge in [-0.05, 0) is 32.0 Å². The van der Waals surface area contributed by atoms with E-state index in [1.54, 1.807) is 10.9 Å². The Balaban J connectivity index is 1.85. The molecule has 6 heteroatoms. The molecular formula is C11H15N5O. The number of rotatable bonds is 2. The highest BCUT2D eigenvalue weighted by Crippen LogP contribution is 2.25. The van der Waals surface area contributed by atoms with Gasteiger partial charge < -0.3 is 9.84 Å². The number of aromatic nitrogens is 4. The Morgan fingerprint density at radius 2 is 2.24 bits per heavy atom. The van der Waals surface area contributed by atoms with Crippen LogP contribution in [0.4, 0.5) is 0 Å². The summed E-state index contributed by atoms with van der Waals surface area (Å²) in [5.41, 5.74) is 0.859. The van der Waals surface area contributed by atoms with E-state index in [4.69, 9.17) is 4.52 Å². The zero-order valence-corrected chi connectivity index (χ0v) is 9.76. The summed E-state index contributed by atoms with van der Waals surface area (Å²) in [6, 6.07) is 1.87. The Morgan fingerprint density at radius 3 is 2.94 bits per heavy atom. The summed E-state index contributed by atoms with van der Waals surface area (Å²) in [5, 5.41) is 11.5. The number of nitrogens with zero attached hydrogens (tertiary/aromatic N) is 4. The van der Waals surface area contributed by atoms with Crippen LogP contribution in [0.1, 0.15) is 24.6 Å². The molecule has 6 nitrogen and oxygen atoms in total. The Bertz CT molecular complexity index is 497. The molecule has 0 bridgehead atoms. The van der Waals surface area contributed by atoms with E-state index >= 15 is 0 Å². The van der Waals surface area contributed by atoms with Crippen LogP contribution in [0.15, 0.2) is 16.8 Å². The van der Waals surface area contributed by atoms with Gasteiger partial charge >= 0.3 is 0 Å². The van der Waals surface area contributed by atoms with E-state index in [9.17, 15) is 0 Å². The molecule has 1 N–H and O–H groups in total. The monoisotopic (exact) mass is 233 g/mol. The summed E-state index contributed by atoms with van der Waals surface area (Å²) in [7, 11) is 1.86. The van der Waals surface area contributed by atoms with Crippen molar-refractivity contribution in [2.45, 2.75) is 18.8 Å². The fourth-order valence-electron chi connectivity index (χ4n) is 2.17. The van der Waals surface area contributed by atoms with Gasteiger partial charge in [-0.15, -0.1) is 0 Å². The average molecular weight is 233 g/mol. The first-order valence-electron chi connectivity index (χ1n) is 5.87. The predicted molar refractivity (Wildman–Crippen MR) is 61.3 cm³/mol. The first-order valence-corrected chi connectivity index (χ1v) is 5.87. The molecule has 0 radical (unpaired) electrons. The SMILES string of the molecule is Cn1nccc1-c1nc(C2CCNCC2)no1. The number of hydrogen-bond acceptors (Lipinski definition) is 5. The third-order valence-corrected chi connectivity index (χ3v) is 3.19. The Kier molecular flexibility index (Phi) is 2.64. The van der Waals surface area contributed by atoms with Crippen LogP contribution in [0.2, 0.25) is 0 Å². The normalized spacial score (nSPS) is 17.5. The van der Waals surface area contributed by atoms with Crippen LogP contribution in [0.3, 0.4) is 0 Å². The van der Waals surface area contributed by atoms with Gasteiger partial charge in [-0.1, -0.05) is 5.16 Å². The zero-order valence-electron chi connectivity index (χ0n) is 9.76. The predicted octanol–water partition coefficient (Wildman–Crippen LogP) is 0.937.